The Balaban J connectivity index is 1.85. The summed E-state index contributed by atoms with van der Waals surface area (Å²) in [5.74, 6) is -3.49. The Hall–Kier alpha value is -2.88. The lowest BCUT2D eigenvalue weighted by Gasteiger charge is -2.45. The number of benzene rings is 2. The van der Waals surface area contributed by atoms with Crippen molar-refractivity contribution in [2.45, 2.75) is 70.4 Å². The van der Waals surface area contributed by atoms with Gasteiger partial charge >= 0.3 is 12.0 Å². The van der Waals surface area contributed by atoms with Gasteiger partial charge in [-0.3, -0.25) is 0 Å². The molecule has 2 amide bonds. The average molecular weight is 597 g/mol. The number of carbonyl (C=O) groups is 2. The third-order valence-corrected chi connectivity index (χ3v) is 7.45. The highest BCUT2D eigenvalue weighted by Crippen LogP contribution is 2.46. The molecule has 1 saturated carbocycles. The van der Waals surface area contributed by atoms with Crippen LogP contribution in [-0.4, -0.2) is 53.2 Å². The van der Waals surface area contributed by atoms with E-state index in [4.69, 9.17) is 9.47 Å². The summed E-state index contributed by atoms with van der Waals surface area (Å²) in [5.41, 5.74) is -0.106. The molecule has 2 aromatic rings. The first-order valence-electron chi connectivity index (χ1n) is 12.8. The Morgan fingerprint density at radius 1 is 1.08 bits per heavy atom. The lowest BCUT2D eigenvalue weighted by Crippen LogP contribution is -2.68. The van der Waals surface area contributed by atoms with Crippen LogP contribution in [0.4, 0.5) is 13.6 Å². The minimum Gasteiger partial charge on any atom is -0.493 e. The summed E-state index contributed by atoms with van der Waals surface area (Å²) in [4.78, 5) is 26.8. The van der Waals surface area contributed by atoms with Crippen LogP contribution in [0.3, 0.4) is 0 Å². The SMILES string of the molecule is CCOc1cc(C(C)N(CCCCc2ccccc2)C(=O)NC2(C(=O)O)CC(F)(F)C2)cc(OCC)c1Br. The number of ether oxygens (including phenoxy) is 2. The fourth-order valence-corrected chi connectivity index (χ4v) is 5.12. The van der Waals surface area contributed by atoms with E-state index in [2.05, 4.69) is 21.2 Å². The number of alkyl halides is 2. The van der Waals surface area contributed by atoms with Crippen molar-refractivity contribution in [3.05, 3.63) is 58.1 Å². The number of aliphatic carboxylic acids is 1. The van der Waals surface area contributed by atoms with E-state index in [-0.39, 0.29) is 0 Å². The first-order chi connectivity index (χ1) is 18.0. The van der Waals surface area contributed by atoms with Crippen LogP contribution in [0.5, 0.6) is 11.5 Å². The van der Waals surface area contributed by atoms with Gasteiger partial charge in [-0.15, -0.1) is 0 Å². The smallest absolute Gasteiger partial charge is 0.329 e. The molecule has 1 aliphatic carbocycles. The Morgan fingerprint density at radius 2 is 1.66 bits per heavy atom. The molecule has 2 aromatic carbocycles. The molecule has 208 valence electrons. The number of carboxylic acid groups (broad SMARTS) is 1. The predicted molar refractivity (Wildman–Crippen MR) is 144 cm³/mol. The molecule has 10 heteroatoms. The van der Waals surface area contributed by atoms with Gasteiger partial charge in [-0.2, -0.15) is 0 Å². The minimum absolute atomic E-state index is 0.302. The van der Waals surface area contributed by atoms with Crippen LogP contribution in [0.15, 0.2) is 46.9 Å². The molecule has 3 rings (SSSR count). The summed E-state index contributed by atoms with van der Waals surface area (Å²) in [6.45, 7) is 6.66. The third kappa shape index (κ3) is 7.15. The third-order valence-electron chi connectivity index (χ3n) is 6.67. The van der Waals surface area contributed by atoms with Gasteiger partial charge in [0, 0.05) is 19.4 Å². The lowest BCUT2D eigenvalue weighted by molar-refractivity contribution is -0.175. The van der Waals surface area contributed by atoms with E-state index in [1.807, 2.05) is 51.1 Å². The van der Waals surface area contributed by atoms with Gasteiger partial charge in [0.25, 0.3) is 5.92 Å². The Kier molecular flexibility index (Phi) is 9.98. The number of carbonyl (C=O) groups excluding carboxylic acids is 1. The number of unbranched alkanes of at least 4 members (excludes halogenated alkanes) is 1. The number of rotatable bonds is 13. The first kappa shape index (κ1) is 29.7. The highest BCUT2D eigenvalue weighted by molar-refractivity contribution is 9.10. The van der Waals surface area contributed by atoms with E-state index in [1.54, 1.807) is 12.1 Å². The number of carboxylic acids is 1. The number of nitrogens with zero attached hydrogens (tertiary/aromatic N) is 1. The topological polar surface area (TPSA) is 88.1 Å². The Labute approximate surface area is 230 Å². The summed E-state index contributed by atoms with van der Waals surface area (Å²) >= 11 is 3.51. The zero-order valence-corrected chi connectivity index (χ0v) is 23.5. The van der Waals surface area contributed by atoms with Gasteiger partial charge in [-0.25, -0.2) is 18.4 Å². The molecule has 38 heavy (non-hydrogen) atoms. The number of aryl methyl sites for hydroxylation is 1. The van der Waals surface area contributed by atoms with Crippen molar-refractivity contribution in [3.63, 3.8) is 0 Å². The lowest BCUT2D eigenvalue weighted by atomic mass is 9.73. The molecular weight excluding hydrogens is 562 g/mol. The fourth-order valence-electron chi connectivity index (χ4n) is 4.66. The molecule has 0 aliphatic heterocycles. The zero-order chi connectivity index (χ0) is 27.9. The van der Waals surface area contributed by atoms with Crippen molar-refractivity contribution in [2.75, 3.05) is 19.8 Å². The van der Waals surface area contributed by atoms with E-state index >= 15 is 0 Å². The highest BCUT2D eigenvalue weighted by atomic mass is 79.9. The van der Waals surface area contributed by atoms with Gasteiger partial charge in [-0.05, 0) is 79.2 Å². The standard InChI is InChI=1S/C28H35BrF2N2O5/c1-4-37-22-15-21(16-23(24(22)29)38-5-2)19(3)33(14-10-9-13-20-11-7-6-8-12-20)26(36)32-27(25(34)35)17-28(30,31)18-27/h6-8,11-12,15-16,19H,4-5,9-10,13-14,17-18H2,1-3H3,(H,32,36)(H,34,35). The molecule has 7 nitrogen and oxygen atoms in total. The van der Waals surface area contributed by atoms with Gasteiger partial charge in [-0.1, -0.05) is 30.3 Å². The molecule has 0 bridgehead atoms. The highest BCUT2D eigenvalue weighted by Gasteiger charge is 2.62. The second kappa shape index (κ2) is 12.8. The van der Waals surface area contributed by atoms with E-state index in [0.717, 1.165) is 12.8 Å². The summed E-state index contributed by atoms with van der Waals surface area (Å²) < 4.78 is 39.5. The van der Waals surface area contributed by atoms with Crippen molar-refractivity contribution >= 4 is 27.9 Å². The van der Waals surface area contributed by atoms with Crippen molar-refractivity contribution in [1.82, 2.24) is 10.2 Å². The predicted octanol–water partition coefficient (Wildman–Crippen LogP) is 6.59. The zero-order valence-electron chi connectivity index (χ0n) is 21.9. The van der Waals surface area contributed by atoms with Crippen LogP contribution < -0.4 is 14.8 Å². The van der Waals surface area contributed by atoms with Gasteiger partial charge in [0.2, 0.25) is 0 Å². The Bertz CT molecular complexity index is 1080. The van der Waals surface area contributed by atoms with Crippen molar-refractivity contribution < 1.29 is 33.0 Å². The molecule has 0 heterocycles. The first-order valence-corrected chi connectivity index (χ1v) is 13.6. The normalized spacial score (nSPS) is 16.2. The van der Waals surface area contributed by atoms with Crippen LogP contribution in [-0.2, 0) is 11.2 Å². The van der Waals surface area contributed by atoms with Gasteiger partial charge < -0.3 is 24.8 Å². The summed E-state index contributed by atoms with van der Waals surface area (Å²) in [6, 6.07) is 12.3. The van der Waals surface area contributed by atoms with Crippen LogP contribution >= 0.6 is 15.9 Å². The molecule has 2 N–H and O–H groups in total. The van der Waals surface area contributed by atoms with Crippen LogP contribution in [0.1, 0.15) is 63.6 Å². The summed E-state index contributed by atoms with van der Waals surface area (Å²) in [6.07, 6.45) is 0.377. The maximum absolute atomic E-state index is 13.7. The molecular formula is C28H35BrF2N2O5. The van der Waals surface area contributed by atoms with Gasteiger partial charge in [0.1, 0.15) is 16.0 Å². The van der Waals surface area contributed by atoms with E-state index in [9.17, 15) is 23.5 Å². The molecule has 0 radical (unpaired) electrons. The van der Waals surface area contributed by atoms with Crippen molar-refractivity contribution in [3.8, 4) is 11.5 Å². The van der Waals surface area contributed by atoms with E-state index < -0.39 is 42.3 Å². The average Bonchev–Trinajstić information content (AvgIpc) is 2.85. The van der Waals surface area contributed by atoms with Crippen LogP contribution in [0, 0.1) is 0 Å². The number of halogens is 3. The second-order valence-electron chi connectivity index (χ2n) is 9.54. The fraction of sp³-hybridized carbons (Fsp3) is 0.500. The number of hydrogen-bond acceptors (Lipinski definition) is 4. The molecule has 0 spiro atoms. The monoisotopic (exact) mass is 596 g/mol. The summed E-state index contributed by atoms with van der Waals surface area (Å²) in [7, 11) is 0. The molecule has 0 saturated heterocycles. The molecule has 1 atom stereocenters. The number of urea groups is 1. The molecule has 1 aliphatic rings. The quantitative estimate of drug-likeness (QED) is 0.254. The molecule has 0 aromatic heterocycles. The maximum atomic E-state index is 13.7. The maximum Gasteiger partial charge on any atom is 0.329 e. The minimum atomic E-state index is -3.12. The van der Waals surface area contributed by atoms with Gasteiger partial charge in [0.15, 0.2) is 5.54 Å². The number of amides is 2. The van der Waals surface area contributed by atoms with Crippen LogP contribution in [0.25, 0.3) is 0 Å². The second-order valence-corrected chi connectivity index (χ2v) is 10.3. The molecule has 1 unspecified atom stereocenters. The summed E-state index contributed by atoms with van der Waals surface area (Å²) in [5, 5.41) is 12.1. The number of nitrogens with one attached hydrogen (secondary N) is 1. The van der Waals surface area contributed by atoms with Crippen molar-refractivity contribution in [1.29, 1.82) is 0 Å². The largest absolute Gasteiger partial charge is 0.493 e. The van der Waals surface area contributed by atoms with E-state index in [0.29, 0.717) is 47.7 Å². The van der Waals surface area contributed by atoms with Crippen molar-refractivity contribution in [2.24, 2.45) is 0 Å². The molecule has 1 fully saturated rings. The Morgan fingerprint density at radius 3 is 2.16 bits per heavy atom. The van der Waals surface area contributed by atoms with Crippen LogP contribution in [0.2, 0.25) is 0 Å². The van der Waals surface area contributed by atoms with E-state index in [1.165, 1.54) is 10.5 Å². The van der Waals surface area contributed by atoms with Gasteiger partial charge in [0.05, 0.1) is 19.3 Å². The number of hydrogen-bond donors (Lipinski definition) is 2.